The molecule has 2 nitrogen and oxygen atoms in total. The van der Waals surface area contributed by atoms with Crippen LogP contribution in [0.2, 0.25) is 0 Å². The van der Waals surface area contributed by atoms with Crippen LogP contribution in [0.3, 0.4) is 0 Å². The highest BCUT2D eigenvalue weighted by molar-refractivity contribution is 7.12. The van der Waals surface area contributed by atoms with E-state index in [1.807, 2.05) is 18.2 Å². The molecule has 1 unspecified atom stereocenters. The molecule has 2 aromatic heterocycles. The quantitative estimate of drug-likeness (QED) is 0.750. The molecule has 0 saturated heterocycles. The molecule has 0 radical (unpaired) electrons. The third-order valence-corrected chi connectivity index (χ3v) is 5.14. The van der Waals surface area contributed by atoms with E-state index < -0.39 is 0 Å². The number of nitriles is 1. The smallest absolute Gasteiger partial charge is 0.110 e. The molecular weight excluding hydrogens is 296 g/mol. The van der Waals surface area contributed by atoms with Crippen LogP contribution < -0.4 is 5.32 Å². The molecule has 0 aliphatic heterocycles. The maximum absolute atomic E-state index is 8.90. The zero-order valence-electron chi connectivity index (χ0n) is 11.3. The monoisotopic (exact) mass is 310 g/mol. The van der Waals surface area contributed by atoms with Crippen molar-refractivity contribution >= 4 is 22.7 Å². The van der Waals surface area contributed by atoms with E-state index in [0.29, 0.717) is 0 Å². The van der Waals surface area contributed by atoms with Gasteiger partial charge in [-0.05, 0) is 29.1 Å². The Kier molecular flexibility index (Phi) is 4.46. The van der Waals surface area contributed by atoms with Crippen molar-refractivity contribution in [3.63, 3.8) is 0 Å². The standard InChI is InChI=1S/C17H14N2S2/c18-11-14-8-9-15(21-14)12-19-17(16-7-4-10-20-16)13-5-2-1-3-6-13/h1-10,17,19H,12H2. The molecule has 0 saturated carbocycles. The lowest BCUT2D eigenvalue weighted by Gasteiger charge is -2.17. The predicted octanol–water partition coefficient (Wildman–Crippen LogP) is 4.56. The largest absolute Gasteiger partial charge is 0.301 e. The Morgan fingerprint density at radius 1 is 1.05 bits per heavy atom. The van der Waals surface area contributed by atoms with Gasteiger partial charge in [-0.2, -0.15) is 5.26 Å². The van der Waals surface area contributed by atoms with Gasteiger partial charge in [0, 0.05) is 16.3 Å². The van der Waals surface area contributed by atoms with Crippen molar-refractivity contribution in [1.82, 2.24) is 5.32 Å². The van der Waals surface area contributed by atoms with Gasteiger partial charge < -0.3 is 5.32 Å². The first kappa shape index (κ1) is 14.0. The molecule has 2 heterocycles. The normalized spacial score (nSPS) is 12.0. The minimum absolute atomic E-state index is 0.193. The fourth-order valence-corrected chi connectivity index (χ4v) is 3.80. The number of benzene rings is 1. The Hall–Kier alpha value is -1.93. The van der Waals surface area contributed by atoms with E-state index in [1.54, 1.807) is 22.7 Å². The van der Waals surface area contributed by atoms with Gasteiger partial charge in [0.25, 0.3) is 0 Å². The van der Waals surface area contributed by atoms with Crippen molar-refractivity contribution < 1.29 is 0 Å². The fourth-order valence-electron chi connectivity index (χ4n) is 2.22. The number of nitrogens with one attached hydrogen (secondary N) is 1. The molecule has 3 aromatic rings. The van der Waals surface area contributed by atoms with Crippen molar-refractivity contribution in [2.24, 2.45) is 0 Å². The first-order chi connectivity index (χ1) is 10.4. The summed E-state index contributed by atoms with van der Waals surface area (Å²) in [6, 6.07) is 21.0. The van der Waals surface area contributed by atoms with E-state index in [0.717, 1.165) is 11.4 Å². The summed E-state index contributed by atoms with van der Waals surface area (Å²) in [4.78, 5) is 3.25. The van der Waals surface area contributed by atoms with Crippen molar-refractivity contribution in [2.45, 2.75) is 12.6 Å². The summed E-state index contributed by atoms with van der Waals surface area (Å²) in [7, 11) is 0. The Bertz CT molecular complexity index is 724. The summed E-state index contributed by atoms with van der Waals surface area (Å²) in [5.74, 6) is 0. The molecule has 0 fully saturated rings. The summed E-state index contributed by atoms with van der Waals surface area (Å²) in [6.45, 7) is 0.768. The van der Waals surface area contributed by atoms with Crippen molar-refractivity contribution in [1.29, 1.82) is 5.26 Å². The van der Waals surface area contributed by atoms with Gasteiger partial charge in [0.1, 0.15) is 10.9 Å². The molecule has 0 amide bonds. The summed E-state index contributed by atoms with van der Waals surface area (Å²) >= 11 is 3.31. The van der Waals surface area contributed by atoms with E-state index in [1.165, 1.54) is 15.3 Å². The van der Waals surface area contributed by atoms with Crippen LogP contribution in [0.1, 0.15) is 26.2 Å². The van der Waals surface area contributed by atoms with Crippen molar-refractivity contribution in [3.8, 4) is 6.07 Å². The molecule has 1 aromatic carbocycles. The highest BCUT2D eigenvalue weighted by Gasteiger charge is 2.14. The lowest BCUT2D eigenvalue weighted by atomic mass is 10.1. The van der Waals surface area contributed by atoms with Gasteiger partial charge in [0.05, 0.1) is 6.04 Å². The Balaban J connectivity index is 1.79. The van der Waals surface area contributed by atoms with Crippen molar-refractivity contribution in [3.05, 3.63) is 80.2 Å². The SMILES string of the molecule is N#Cc1ccc(CNC(c2ccccc2)c2cccs2)s1. The van der Waals surface area contributed by atoms with Gasteiger partial charge in [0.2, 0.25) is 0 Å². The van der Waals surface area contributed by atoms with Crippen LogP contribution in [0.4, 0.5) is 0 Å². The third kappa shape index (κ3) is 3.40. The molecule has 4 heteroatoms. The van der Waals surface area contributed by atoms with E-state index in [2.05, 4.69) is 53.2 Å². The topological polar surface area (TPSA) is 35.8 Å². The highest BCUT2D eigenvalue weighted by Crippen LogP contribution is 2.27. The minimum Gasteiger partial charge on any atom is -0.301 e. The summed E-state index contributed by atoms with van der Waals surface area (Å²) in [5.41, 5.74) is 1.26. The zero-order chi connectivity index (χ0) is 14.5. The van der Waals surface area contributed by atoms with Gasteiger partial charge in [-0.25, -0.2) is 0 Å². The second kappa shape index (κ2) is 6.68. The number of thiophene rings is 2. The molecule has 104 valence electrons. The van der Waals surface area contributed by atoms with E-state index >= 15 is 0 Å². The van der Waals surface area contributed by atoms with Crippen molar-refractivity contribution in [2.75, 3.05) is 0 Å². The third-order valence-electron chi connectivity index (χ3n) is 3.21. The first-order valence-corrected chi connectivity index (χ1v) is 8.37. The first-order valence-electron chi connectivity index (χ1n) is 6.67. The van der Waals surface area contributed by atoms with Crippen LogP contribution in [0.25, 0.3) is 0 Å². The molecule has 0 spiro atoms. The lowest BCUT2D eigenvalue weighted by molar-refractivity contribution is 0.618. The number of nitrogens with zero attached hydrogens (tertiary/aromatic N) is 1. The van der Waals surface area contributed by atoms with Crippen LogP contribution in [0, 0.1) is 11.3 Å². The molecular formula is C17H14N2S2. The second-order valence-electron chi connectivity index (χ2n) is 4.62. The van der Waals surface area contributed by atoms with Gasteiger partial charge >= 0.3 is 0 Å². The summed E-state index contributed by atoms with van der Waals surface area (Å²) < 4.78 is 0. The average Bonchev–Trinajstić information content (AvgIpc) is 3.20. The molecule has 0 aliphatic carbocycles. The van der Waals surface area contributed by atoms with Crippen LogP contribution in [0.15, 0.2) is 60.0 Å². The van der Waals surface area contributed by atoms with Gasteiger partial charge in [-0.3, -0.25) is 0 Å². The van der Waals surface area contributed by atoms with Crippen LogP contribution in [0.5, 0.6) is 0 Å². The molecule has 1 atom stereocenters. The van der Waals surface area contributed by atoms with Crippen LogP contribution >= 0.6 is 22.7 Å². The average molecular weight is 310 g/mol. The van der Waals surface area contributed by atoms with Gasteiger partial charge in [-0.1, -0.05) is 36.4 Å². The predicted molar refractivity (Wildman–Crippen MR) is 88.5 cm³/mol. The molecule has 1 N–H and O–H groups in total. The maximum Gasteiger partial charge on any atom is 0.110 e. The lowest BCUT2D eigenvalue weighted by Crippen LogP contribution is -2.20. The van der Waals surface area contributed by atoms with Crippen LogP contribution in [-0.4, -0.2) is 0 Å². The fraction of sp³-hybridized carbons (Fsp3) is 0.118. The Labute approximate surface area is 132 Å². The number of hydrogen-bond donors (Lipinski definition) is 1. The molecule has 0 aliphatic rings. The second-order valence-corrected chi connectivity index (χ2v) is 6.77. The maximum atomic E-state index is 8.90. The Morgan fingerprint density at radius 3 is 2.57 bits per heavy atom. The van der Waals surface area contributed by atoms with E-state index in [4.69, 9.17) is 5.26 Å². The van der Waals surface area contributed by atoms with E-state index in [-0.39, 0.29) is 6.04 Å². The van der Waals surface area contributed by atoms with E-state index in [9.17, 15) is 0 Å². The summed E-state index contributed by atoms with van der Waals surface area (Å²) in [6.07, 6.45) is 0. The molecule has 3 rings (SSSR count). The van der Waals surface area contributed by atoms with Crippen LogP contribution in [-0.2, 0) is 6.54 Å². The Morgan fingerprint density at radius 2 is 1.90 bits per heavy atom. The highest BCUT2D eigenvalue weighted by atomic mass is 32.1. The number of hydrogen-bond acceptors (Lipinski definition) is 4. The van der Waals surface area contributed by atoms with Gasteiger partial charge in [0.15, 0.2) is 0 Å². The summed E-state index contributed by atoms with van der Waals surface area (Å²) in [5, 5.41) is 14.6. The molecule has 21 heavy (non-hydrogen) atoms. The number of rotatable bonds is 5. The molecule has 0 bridgehead atoms. The van der Waals surface area contributed by atoms with Gasteiger partial charge in [-0.15, -0.1) is 22.7 Å². The zero-order valence-corrected chi connectivity index (χ0v) is 13.0. The minimum atomic E-state index is 0.193.